The number of hydrogen-bond donors (Lipinski definition) is 2. The van der Waals surface area contributed by atoms with Crippen molar-refractivity contribution in [3.05, 3.63) is 23.6 Å². The summed E-state index contributed by atoms with van der Waals surface area (Å²) in [5.74, 6) is 1.49. The molecule has 0 bridgehead atoms. The average molecular weight is 331 g/mol. The van der Waals surface area contributed by atoms with E-state index in [1.165, 1.54) is 11.3 Å². The Labute approximate surface area is 137 Å². The van der Waals surface area contributed by atoms with Crippen molar-refractivity contribution in [1.82, 2.24) is 4.98 Å². The van der Waals surface area contributed by atoms with Crippen LogP contribution < -0.4 is 20.5 Å². The Morgan fingerprint density at radius 2 is 2.17 bits per heavy atom. The minimum atomic E-state index is 0.00268. The lowest BCUT2D eigenvalue weighted by Gasteiger charge is -2.08. The number of hydrogen-bond acceptors (Lipinski definition) is 6. The molecule has 1 fully saturated rings. The number of benzene rings is 1. The van der Waals surface area contributed by atoms with Crippen molar-refractivity contribution in [2.24, 2.45) is 11.7 Å². The third-order valence-corrected chi connectivity index (χ3v) is 5.00. The minimum Gasteiger partial charge on any atom is -0.454 e. The van der Waals surface area contributed by atoms with Crippen LogP contribution in [0.15, 0.2) is 23.6 Å². The first-order valence-electron chi connectivity index (χ1n) is 7.61. The van der Waals surface area contributed by atoms with Gasteiger partial charge in [0, 0.05) is 22.9 Å². The van der Waals surface area contributed by atoms with E-state index in [0.29, 0.717) is 5.13 Å². The fourth-order valence-electron chi connectivity index (χ4n) is 2.98. The number of carbonyl (C=O) groups excluding carboxylic acids is 1. The Morgan fingerprint density at radius 1 is 1.30 bits per heavy atom. The van der Waals surface area contributed by atoms with Crippen molar-refractivity contribution < 1.29 is 14.3 Å². The number of ether oxygens (including phenoxy) is 2. The number of fused-ring (bicyclic) bond motifs is 1. The summed E-state index contributed by atoms with van der Waals surface area (Å²) in [5, 5.41) is 5.44. The summed E-state index contributed by atoms with van der Waals surface area (Å²) >= 11 is 1.42. The van der Waals surface area contributed by atoms with Gasteiger partial charge in [-0.1, -0.05) is 0 Å². The van der Waals surface area contributed by atoms with Gasteiger partial charge in [0.2, 0.25) is 12.7 Å². The van der Waals surface area contributed by atoms with Crippen LogP contribution in [0.1, 0.15) is 19.3 Å². The maximum Gasteiger partial charge on any atom is 0.231 e. The molecule has 2 unspecified atom stereocenters. The average Bonchev–Trinajstić information content (AvgIpc) is 3.26. The van der Waals surface area contributed by atoms with Crippen LogP contribution in [0.2, 0.25) is 0 Å². The highest BCUT2D eigenvalue weighted by Gasteiger charge is 2.28. The maximum atomic E-state index is 12.2. The Morgan fingerprint density at radius 3 is 3.00 bits per heavy atom. The molecule has 1 aromatic carbocycles. The summed E-state index contributed by atoms with van der Waals surface area (Å²) < 4.78 is 10.7. The molecule has 4 rings (SSSR count). The van der Waals surface area contributed by atoms with Gasteiger partial charge in [-0.3, -0.25) is 4.79 Å². The van der Waals surface area contributed by atoms with Gasteiger partial charge in [0.1, 0.15) is 0 Å². The van der Waals surface area contributed by atoms with Crippen LogP contribution >= 0.6 is 11.3 Å². The van der Waals surface area contributed by atoms with Crippen molar-refractivity contribution in [2.45, 2.75) is 25.3 Å². The first-order valence-corrected chi connectivity index (χ1v) is 8.49. The Bertz CT molecular complexity index is 746. The van der Waals surface area contributed by atoms with Gasteiger partial charge < -0.3 is 20.5 Å². The van der Waals surface area contributed by atoms with Gasteiger partial charge >= 0.3 is 0 Å². The molecule has 1 saturated carbocycles. The van der Waals surface area contributed by atoms with Gasteiger partial charge in [-0.15, -0.1) is 11.3 Å². The van der Waals surface area contributed by atoms with Crippen LogP contribution in [-0.4, -0.2) is 23.7 Å². The molecule has 2 atom stereocenters. The van der Waals surface area contributed by atoms with Crippen LogP contribution in [-0.2, 0) is 4.79 Å². The SMILES string of the molecule is NC1CCC(C(=O)Nc2nc(-c3ccc4c(c3)OCO4)cs2)C1. The second-order valence-corrected chi connectivity index (χ2v) is 6.72. The molecule has 120 valence electrons. The highest BCUT2D eigenvalue weighted by Crippen LogP contribution is 2.36. The molecule has 0 saturated heterocycles. The van der Waals surface area contributed by atoms with E-state index in [-0.39, 0.29) is 24.7 Å². The molecule has 3 N–H and O–H groups in total. The molecule has 2 aliphatic rings. The molecule has 6 nitrogen and oxygen atoms in total. The van der Waals surface area contributed by atoms with E-state index in [1.807, 2.05) is 23.6 Å². The fraction of sp³-hybridized carbons (Fsp3) is 0.375. The highest BCUT2D eigenvalue weighted by molar-refractivity contribution is 7.14. The molecule has 2 aromatic rings. The first-order chi connectivity index (χ1) is 11.2. The van der Waals surface area contributed by atoms with Gasteiger partial charge in [-0.2, -0.15) is 0 Å². The van der Waals surface area contributed by atoms with E-state index in [4.69, 9.17) is 15.2 Å². The van der Waals surface area contributed by atoms with E-state index in [1.54, 1.807) is 0 Å². The van der Waals surface area contributed by atoms with Gasteiger partial charge in [0.15, 0.2) is 16.6 Å². The molecule has 0 spiro atoms. The van der Waals surface area contributed by atoms with Crippen molar-refractivity contribution in [3.8, 4) is 22.8 Å². The van der Waals surface area contributed by atoms with Gasteiger partial charge in [0.25, 0.3) is 0 Å². The summed E-state index contributed by atoms with van der Waals surface area (Å²) in [6.07, 6.45) is 2.53. The number of nitrogens with one attached hydrogen (secondary N) is 1. The summed E-state index contributed by atoms with van der Waals surface area (Å²) in [5.41, 5.74) is 7.62. The second-order valence-electron chi connectivity index (χ2n) is 5.87. The third kappa shape index (κ3) is 2.89. The molecule has 1 aliphatic carbocycles. The number of anilines is 1. The fourth-order valence-corrected chi connectivity index (χ4v) is 3.70. The number of carbonyl (C=O) groups is 1. The van der Waals surface area contributed by atoms with Gasteiger partial charge in [0.05, 0.1) is 5.69 Å². The highest BCUT2D eigenvalue weighted by atomic mass is 32.1. The zero-order chi connectivity index (χ0) is 15.8. The standard InChI is InChI=1S/C16H17N3O3S/c17-11-3-1-10(5-11)15(20)19-16-18-12(7-23-16)9-2-4-13-14(6-9)22-8-21-13/h2,4,6-7,10-11H,1,3,5,8,17H2,(H,18,19,20). The molecule has 2 heterocycles. The number of nitrogens with two attached hydrogens (primary N) is 1. The Kier molecular flexibility index (Phi) is 3.66. The van der Waals surface area contributed by atoms with Crippen LogP contribution in [0.4, 0.5) is 5.13 Å². The molecular weight excluding hydrogens is 314 g/mol. The summed E-state index contributed by atoms with van der Waals surface area (Å²) in [4.78, 5) is 16.7. The summed E-state index contributed by atoms with van der Waals surface area (Å²) in [6, 6.07) is 5.85. The van der Waals surface area contributed by atoms with Crippen LogP contribution in [0.3, 0.4) is 0 Å². The Hall–Kier alpha value is -2.12. The zero-order valence-electron chi connectivity index (χ0n) is 12.5. The molecule has 1 aromatic heterocycles. The first kappa shape index (κ1) is 14.5. The van der Waals surface area contributed by atoms with Crippen LogP contribution in [0.25, 0.3) is 11.3 Å². The quantitative estimate of drug-likeness (QED) is 0.903. The molecule has 23 heavy (non-hydrogen) atoms. The number of aromatic nitrogens is 1. The van der Waals surface area contributed by atoms with Crippen LogP contribution in [0, 0.1) is 5.92 Å². The van der Waals surface area contributed by atoms with Gasteiger partial charge in [-0.05, 0) is 37.5 Å². The van der Waals surface area contributed by atoms with Gasteiger partial charge in [-0.25, -0.2) is 4.98 Å². The lowest BCUT2D eigenvalue weighted by molar-refractivity contribution is -0.119. The summed E-state index contributed by atoms with van der Waals surface area (Å²) in [6.45, 7) is 0.251. The maximum absolute atomic E-state index is 12.2. The van der Waals surface area contributed by atoms with Crippen LogP contribution in [0.5, 0.6) is 11.5 Å². The zero-order valence-corrected chi connectivity index (χ0v) is 13.3. The van der Waals surface area contributed by atoms with E-state index < -0.39 is 0 Å². The van der Waals surface area contributed by atoms with E-state index in [2.05, 4.69) is 10.3 Å². The second kappa shape index (κ2) is 5.82. The molecule has 1 aliphatic heterocycles. The number of nitrogens with zero attached hydrogens (tertiary/aromatic N) is 1. The molecule has 7 heteroatoms. The largest absolute Gasteiger partial charge is 0.454 e. The number of amides is 1. The van der Waals surface area contributed by atoms with E-state index in [9.17, 15) is 4.79 Å². The van der Waals surface area contributed by atoms with Crippen molar-refractivity contribution in [3.63, 3.8) is 0 Å². The topological polar surface area (TPSA) is 86.5 Å². The predicted molar refractivity (Wildman–Crippen MR) is 87.6 cm³/mol. The smallest absolute Gasteiger partial charge is 0.231 e. The van der Waals surface area contributed by atoms with E-state index in [0.717, 1.165) is 42.0 Å². The third-order valence-electron chi connectivity index (χ3n) is 4.25. The molecule has 1 amide bonds. The lowest BCUT2D eigenvalue weighted by Crippen LogP contribution is -2.23. The van der Waals surface area contributed by atoms with Crippen molar-refractivity contribution in [2.75, 3.05) is 12.1 Å². The van der Waals surface area contributed by atoms with E-state index >= 15 is 0 Å². The minimum absolute atomic E-state index is 0.00268. The summed E-state index contributed by atoms with van der Waals surface area (Å²) in [7, 11) is 0. The Balaban J connectivity index is 1.47. The lowest BCUT2D eigenvalue weighted by atomic mass is 10.1. The number of thiazole rings is 1. The normalized spacial score (nSPS) is 22.3. The monoisotopic (exact) mass is 331 g/mol. The van der Waals surface area contributed by atoms with Crippen molar-refractivity contribution in [1.29, 1.82) is 0 Å². The van der Waals surface area contributed by atoms with Crippen molar-refractivity contribution >= 4 is 22.4 Å². The molecule has 0 radical (unpaired) electrons. The predicted octanol–water partition coefficient (Wildman–Crippen LogP) is 2.60. The number of rotatable bonds is 3. The molecular formula is C16H17N3O3S.